The molecule has 0 saturated carbocycles. The van der Waals surface area contributed by atoms with Crippen molar-refractivity contribution in [3.8, 4) is 0 Å². The van der Waals surface area contributed by atoms with Crippen molar-refractivity contribution in [2.45, 2.75) is 200 Å². The van der Waals surface area contributed by atoms with Gasteiger partial charge in [0, 0.05) is 13.0 Å². The fourth-order valence-electron chi connectivity index (χ4n) is 5.91. The third-order valence-corrected chi connectivity index (χ3v) is 9.20. The van der Waals surface area contributed by atoms with Gasteiger partial charge in [-0.1, -0.05) is 182 Å². The van der Waals surface area contributed by atoms with Crippen molar-refractivity contribution in [1.82, 2.24) is 0 Å². The van der Waals surface area contributed by atoms with E-state index in [0.29, 0.717) is 13.0 Å². The highest BCUT2D eigenvalue weighted by atomic mass is 16.6. The molecular weight excluding hydrogens is 653 g/mol. The van der Waals surface area contributed by atoms with Crippen molar-refractivity contribution >= 4 is 5.97 Å². The minimum Gasteiger partial charge on any atom is -0.457 e. The number of hydrogen-bond donors (Lipinski definition) is 1. The fraction of sp³-hybridized carbons (Fsp3) is 0.694. The molecule has 0 rings (SSSR count). The van der Waals surface area contributed by atoms with Gasteiger partial charge in [-0.15, -0.1) is 0 Å². The molecule has 0 spiro atoms. The number of carbonyl (C=O) groups excluding carboxylic acids is 1. The standard InChI is InChI=1S/C49H84O4/c1-3-5-7-9-11-13-15-17-19-21-22-23-24-25-26-27-29-31-33-35-37-39-41-43-45-52-47-48(46-50)53-49(51)44-42-40-38-36-34-32-30-28-20-18-16-14-12-10-8-6-4-2/h6,8,12,14-15,17-18,20-22,24-25,30,32,48,50H,3-5,7,9-11,13,16,19,23,26-29,31,33-47H2,1-2H3/b8-6-,14-12-,17-15-,20-18-,22-21-,25-24-,32-30-. The Bertz CT molecular complexity index is 954. The Morgan fingerprint density at radius 3 is 1.28 bits per heavy atom. The topological polar surface area (TPSA) is 55.8 Å². The van der Waals surface area contributed by atoms with Crippen LogP contribution in [0.4, 0.5) is 0 Å². The number of esters is 1. The van der Waals surface area contributed by atoms with Crippen LogP contribution in [0.2, 0.25) is 0 Å². The first kappa shape index (κ1) is 50.6. The number of aliphatic hydroxyl groups excluding tert-OH is 1. The molecule has 1 unspecified atom stereocenters. The van der Waals surface area contributed by atoms with Gasteiger partial charge in [0.1, 0.15) is 6.10 Å². The van der Waals surface area contributed by atoms with Crippen LogP contribution in [-0.2, 0) is 14.3 Å². The first-order valence-corrected chi connectivity index (χ1v) is 22.2. The van der Waals surface area contributed by atoms with Gasteiger partial charge < -0.3 is 14.6 Å². The van der Waals surface area contributed by atoms with Gasteiger partial charge in [-0.05, 0) is 89.9 Å². The summed E-state index contributed by atoms with van der Waals surface area (Å²) in [6.45, 7) is 5.18. The molecule has 0 radical (unpaired) electrons. The van der Waals surface area contributed by atoms with E-state index in [1.54, 1.807) is 0 Å². The zero-order valence-corrected chi connectivity index (χ0v) is 34.8. The maximum absolute atomic E-state index is 12.2. The minimum absolute atomic E-state index is 0.189. The van der Waals surface area contributed by atoms with Crippen LogP contribution in [0.15, 0.2) is 85.1 Å². The number of ether oxygens (including phenoxy) is 2. The summed E-state index contributed by atoms with van der Waals surface area (Å²) in [5.41, 5.74) is 0. The predicted molar refractivity (Wildman–Crippen MR) is 232 cm³/mol. The summed E-state index contributed by atoms with van der Waals surface area (Å²) in [7, 11) is 0. The molecule has 0 saturated heterocycles. The molecule has 53 heavy (non-hydrogen) atoms. The van der Waals surface area contributed by atoms with E-state index in [1.165, 1.54) is 96.3 Å². The summed E-state index contributed by atoms with van der Waals surface area (Å²) in [4.78, 5) is 12.2. The van der Waals surface area contributed by atoms with Crippen LogP contribution in [-0.4, -0.2) is 37.0 Å². The van der Waals surface area contributed by atoms with Crippen LogP contribution >= 0.6 is 0 Å². The molecule has 0 aromatic heterocycles. The van der Waals surface area contributed by atoms with E-state index in [4.69, 9.17) is 9.47 Å². The number of aliphatic hydroxyl groups is 1. The van der Waals surface area contributed by atoms with Crippen molar-refractivity contribution < 1.29 is 19.4 Å². The molecule has 0 aromatic carbocycles. The van der Waals surface area contributed by atoms with Gasteiger partial charge in [0.2, 0.25) is 0 Å². The van der Waals surface area contributed by atoms with Crippen molar-refractivity contribution in [3.63, 3.8) is 0 Å². The van der Waals surface area contributed by atoms with Crippen molar-refractivity contribution in [1.29, 1.82) is 0 Å². The van der Waals surface area contributed by atoms with Crippen LogP contribution in [0, 0.1) is 0 Å². The number of hydrogen-bond acceptors (Lipinski definition) is 4. The van der Waals surface area contributed by atoms with Crippen LogP contribution in [0.1, 0.15) is 194 Å². The number of rotatable bonds is 40. The normalized spacial score (nSPS) is 13.2. The van der Waals surface area contributed by atoms with Gasteiger partial charge in [-0.25, -0.2) is 0 Å². The summed E-state index contributed by atoms with van der Waals surface area (Å²) in [5, 5.41) is 9.61. The maximum atomic E-state index is 12.2. The van der Waals surface area contributed by atoms with E-state index < -0.39 is 6.10 Å². The summed E-state index contributed by atoms with van der Waals surface area (Å²) in [6, 6.07) is 0. The SMILES string of the molecule is CC/C=C\C/C=C\C/C=C\C/C=C\CCCCCCC(=O)OC(CO)COCCCCCCCCCCC/C=C\C/C=C\C/C=C\CCCCCCC. The quantitative estimate of drug-likeness (QED) is 0.0387. The highest BCUT2D eigenvalue weighted by molar-refractivity contribution is 5.69. The third-order valence-electron chi connectivity index (χ3n) is 9.20. The first-order valence-electron chi connectivity index (χ1n) is 22.2. The molecule has 0 fully saturated rings. The lowest BCUT2D eigenvalue weighted by Gasteiger charge is -2.15. The van der Waals surface area contributed by atoms with E-state index in [-0.39, 0.29) is 19.2 Å². The smallest absolute Gasteiger partial charge is 0.306 e. The molecule has 0 amide bonds. The molecule has 304 valence electrons. The van der Waals surface area contributed by atoms with Gasteiger partial charge in [-0.3, -0.25) is 4.79 Å². The molecule has 0 aliphatic heterocycles. The molecule has 1 N–H and O–H groups in total. The molecule has 4 nitrogen and oxygen atoms in total. The van der Waals surface area contributed by atoms with Gasteiger partial charge >= 0.3 is 5.97 Å². The lowest BCUT2D eigenvalue weighted by atomic mass is 10.1. The Morgan fingerprint density at radius 1 is 0.472 bits per heavy atom. The van der Waals surface area contributed by atoms with E-state index >= 15 is 0 Å². The minimum atomic E-state index is -0.556. The predicted octanol–water partition coefficient (Wildman–Crippen LogP) is 14.8. The zero-order valence-electron chi connectivity index (χ0n) is 34.8. The van der Waals surface area contributed by atoms with Gasteiger partial charge in [0.05, 0.1) is 13.2 Å². The Hall–Kier alpha value is -2.43. The number of allylic oxidation sites excluding steroid dienone is 14. The lowest BCUT2D eigenvalue weighted by Crippen LogP contribution is -2.27. The molecular formula is C49H84O4. The molecule has 0 aromatic rings. The molecule has 4 heteroatoms. The van der Waals surface area contributed by atoms with E-state index in [2.05, 4.69) is 98.9 Å². The summed E-state index contributed by atoms with van der Waals surface area (Å²) in [5.74, 6) is -0.228. The van der Waals surface area contributed by atoms with Crippen LogP contribution in [0.3, 0.4) is 0 Å². The summed E-state index contributed by atoms with van der Waals surface area (Å²) >= 11 is 0. The average molecular weight is 737 g/mol. The van der Waals surface area contributed by atoms with Crippen molar-refractivity contribution in [3.05, 3.63) is 85.1 Å². The third kappa shape index (κ3) is 43.9. The van der Waals surface area contributed by atoms with E-state index in [9.17, 15) is 9.90 Å². The Balaban J connectivity index is 3.50. The number of unbranched alkanes of at least 4 members (excludes halogenated alkanes) is 18. The van der Waals surface area contributed by atoms with E-state index in [1.807, 2.05) is 0 Å². The van der Waals surface area contributed by atoms with Gasteiger partial charge in [0.25, 0.3) is 0 Å². The molecule has 0 aliphatic carbocycles. The second kappa shape index (κ2) is 45.7. The fourth-order valence-corrected chi connectivity index (χ4v) is 5.91. The molecule has 0 bridgehead atoms. The monoisotopic (exact) mass is 737 g/mol. The van der Waals surface area contributed by atoms with Crippen molar-refractivity contribution in [2.24, 2.45) is 0 Å². The van der Waals surface area contributed by atoms with Crippen molar-refractivity contribution in [2.75, 3.05) is 19.8 Å². The second-order valence-corrected chi connectivity index (χ2v) is 14.4. The molecule has 1 atom stereocenters. The maximum Gasteiger partial charge on any atom is 0.306 e. The second-order valence-electron chi connectivity index (χ2n) is 14.4. The van der Waals surface area contributed by atoms with E-state index in [0.717, 1.165) is 77.0 Å². The van der Waals surface area contributed by atoms with Gasteiger partial charge in [0.15, 0.2) is 0 Å². The Morgan fingerprint density at radius 2 is 0.849 bits per heavy atom. The largest absolute Gasteiger partial charge is 0.457 e. The number of carbonyl (C=O) groups is 1. The molecule has 0 heterocycles. The lowest BCUT2D eigenvalue weighted by molar-refractivity contribution is -0.154. The highest BCUT2D eigenvalue weighted by Crippen LogP contribution is 2.12. The Kier molecular flexibility index (Phi) is 43.6. The van der Waals surface area contributed by atoms with Crippen LogP contribution < -0.4 is 0 Å². The zero-order chi connectivity index (χ0) is 38.4. The summed E-state index contributed by atoms with van der Waals surface area (Å²) < 4.78 is 11.1. The van der Waals surface area contributed by atoms with Crippen LogP contribution in [0.5, 0.6) is 0 Å². The highest BCUT2D eigenvalue weighted by Gasteiger charge is 2.13. The van der Waals surface area contributed by atoms with Gasteiger partial charge in [-0.2, -0.15) is 0 Å². The Labute approximate surface area is 329 Å². The molecule has 0 aliphatic rings. The first-order chi connectivity index (χ1) is 26.2. The van der Waals surface area contributed by atoms with Crippen LogP contribution in [0.25, 0.3) is 0 Å². The summed E-state index contributed by atoms with van der Waals surface area (Å²) in [6.07, 6.45) is 63.6. The average Bonchev–Trinajstić information content (AvgIpc) is 3.16.